The first-order valence-corrected chi connectivity index (χ1v) is 7.71. The van der Waals surface area contributed by atoms with E-state index >= 15 is 0 Å². The SMILES string of the molecule is CCOC(=S)Sc1ccc([C@H](O)[C@H](CO)NC(C)=O)cc1. The number of thiocarbonyl (C=S) groups is 1. The number of benzene rings is 1. The number of hydrogen-bond donors (Lipinski definition) is 3. The number of thioether (sulfide) groups is 1. The van der Waals surface area contributed by atoms with Crippen molar-refractivity contribution in [2.24, 2.45) is 0 Å². The van der Waals surface area contributed by atoms with Gasteiger partial charge < -0.3 is 20.3 Å². The maximum absolute atomic E-state index is 11.0. The van der Waals surface area contributed by atoms with Gasteiger partial charge in [0.15, 0.2) is 0 Å². The van der Waals surface area contributed by atoms with E-state index in [1.54, 1.807) is 24.3 Å². The van der Waals surface area contributed by atoms with Crippen LogP contribution in [0.1, 0.15) is 25.5 Å². The highest BCUT2D eigenvalue weighted by molar-refractivity contribution is 8.22. The summed E-state index contributed by atoms with van der Waals surface area (Å²) in [7, 11) is 0. The molecule has 0 aliphatic carbocycles. The smallest absolute Gasteiger partial charge is 0.224 e. The highest BCUT2D eigenvalue weighted by atomic mass is 32.2. The van der Waals surface area contributed by atoms with Crippen molar-refractivity contribution in [3.05, 3.63) is 29.8 Å². The van der Waals surface area contributed by atoms with Crippen LogP contribution in [0.4, 0.5) is 0 Å². The molecular formula is C14H19NO4S2. The number of carbonyl (C=O) groups is 1. The standard InChI is InChI=1S/C14H19NO4S2/c1-3-19-14(20)21-11-6-4-10(5-7-11)13(18)12(8-16)15-9(2)17/h4-7,12-13,16,18H,3,8H2,1-2H3,(H,15,17)/t12-,13-/m0/s1. The van der Waals surface area contributed by atoms with E-state index in [4.69, 9.17) is 17.0 Å². The lowest BCUT2D eigenvalue weighted by Crippen LogP contribution is -2.40. The quantitative estimate of drug-likeness (QED) is 0.544. The lowest BCUT2D eigenvalue weighted by Gasteiger charge is -2.22. The van der Waals surface area contributed by atoms with Crippen LogP contribution in [0.15, 0.2) is 29.2 Å². The highest BCUT2D eigenvalue weighted by Crippen LogP contribution is 2.24. The van der Waals surface area contributed by atoms with E-state index in [0.29, 0.717) is 16.6 Å². The summed E-state index contributed by atoms with van der Waals surface area (Å²) in [5.74, 6) is -0.303. The lowest BCUT2D eigenvalue weighted by atomic mass is 10.0. The van der Waals surface area contributed by atoms with Gasteiger partial charge in [0.2, 0.25) is 10.3 Å². The Balaban J connectivity index is 2.71. The maximum Gasteiger partial charge on any atom is 0.224 e. The Morgan fingerprint density at radius 2 is 2.05 bits per heavy atom. The van der Waals surface area contributed by atoms with Gasteiger partial charge in [-0.25, -0.2) is 0 Å². The van der Waals surface area contributed by atoms with Gasteiger partial charge in [0.1, 0.15) is 6.10 Å². The third-order valence-corrected chi connectivity index (χ3v) is 3.81. The van der Waals surface area contributed by atoms with Gasteiger partial charge >= 0.3 is 0 Å². The Morgan fingerprint density at radius 3 is 2.52 bits per heavy atom. The zero-order chi connectivity index (χ0) is 15.8. The fourth-order valence-corrected chi connectivity index (χ4v) is 2.74. The predicted octanol–water partition coefficient (Wildman–Crippen LogP) is 1.63. The van der Waals surface area contributed by atoms with E-state index in [1.165, 1.54) is 18.7 Å². The van der Waals surface area contributed by atoms with Gasteiger partial charge in [0.25, 0.3) is 0 Å². The molecule has 0 saturated heterocycles. The van der Waals surface area contributed by atoms with E-state index in [2.05, 4.69) is 5.32 Å². The third-order valence-electron chi connectivity index (χ3n) is 2.65. The minimum atomic E-state index is -0.975. The summed E-state index contributed by atoms with van der Waals surface area (Å²) in [5.41, 5.74) is 0.606. The van der Waals surface area contributed by atoms with Crippen molar-refractivity contribution in [3.63, 3.8) is 0 Å². The number of nitrogens with one attached hydrogen (secondary N) is 1. The number of amides is 1. The summed E-state index contributed by atoms with van der Waals surface area (Å²) in [6.07, 6.45) is -0.975. The van der Waals surface area contributed by atoms with Crippen molar-refractivity contribution in [1.82, 2.24) is 5.32 Å². The number of hydrogen-bond acceptors (Lipinski definition) is 6. The molecule has 0 radical (unpaired) electrons. The number of rotatable bonds is 6. The zero-order valence-corrected chi connectivity index (χ0v) is 13.5. The summed E-state index contributed by atoms with van der Waals surface area (Å²) in [5, 5.41) is 21.9. The van der Waals surface area contributed by atoms with Crippen molar-refractivity contribution in [3.8, 4) is 0 Å². The summed E-state index contributed by atoms with van der Waals surface area (Å²) < 4.78 is 5.63. The Bertz CT molecular complexity index is 478. The largest absolute Gasteiger partial charge is 0.479 e. The molecule has 0 aliphatic rings. The van der Waals surface area contributed by atoms with Gasteiger partial charge in [-0.3, -0.25) is 4.79 Å². The first-order chi connectivity index (χ1) is 9.97. The van der Waals surface area contributed by atoms with Crippen molar-refractivity contribution >= 4 is 34.3 Å². The van der Waals surface area contributed by atoms with Crippen LogP contribution < -0.4 is 5.32 Å². The Labute approximate surface area is 133 Å². The molecule has 7 heteroatoms. The van der Waals surface area contributed by atoms with Crippen LogP contribution in [0.25, 0.3) is 0 Å². The zero-order valence-electron chi connectivity index (χ0n) is 11.9. The molecular weight excluding hydrogens is 310 g/mol. The fraction of sp³-hybridized carbons (Fsp3) is 0.429. The molecule has 3 N–H and O–H groups in total. The average Bonchev–Trinajstić information content (AvgIpc) is 2.45. The number of carbonyl (C=O) groups excluding carboxylic acids is 1. The van der Waals surface area contributed by atoms with E-state index in [0.717, 1.165) is 4.90 Å². The van der Waals surface area contributed by atoms with Crippen LogP contribution in [0.3, 0.4) is 0 Å². The molecule has 116 valence electrons. The lowest BCUT2D eigenvalue weighted by molar-refractivity contribution is -0.121. The minimum absolute atomic E-state index is 0.303. The second-order valence-electron chi connectivity index (χ2n) is 4.29. The van der Waals surface area contributed by atoms with Crippen LogP contribution >= 0.6 is 24.0 Å². The molecule has 1 rings (SSSR count). The molecule has 5 nitrogen and oxygen atoms in total. The van der Waals surface area contributed by atoms with Gasteiger partial charge in [-0.1, -0.05) is 12.1 Å². The molecule has 0 heterocycles. The summed E-state index contributed by atoms with van der Waals surface area (Å²) in [6, 6.07) is 6.33. The Morgan fingerprint density at radius 1 is 1.43 bits per heavy atom. The first-order valence-electron chi connectivity index (χ1n) is 6.48. The summed E-state index contributed by atoms with van der Waals surface area (Å²) >= 11 is 6.36. The highest BCUT2D eigenvalue weighted by Gasteiger charge is 2.20. The topological polar surface area (TPSA) is 78.8 Å². The van der Waals surface area contributed by atoms with Crippen molar-refractivity contribution in [2.45, 2.75) is 30.9 Å². The monoisotopic (exact) mass is 329 g/mol. The summed E-state index contributed by atoms with van der Waals surface area (Å²) in [4.78, 5) is 11.9. The van der Waals surface area contributed by atoms with E-state index in [1.807, 2.05) is 6.92 Å². The average molecular weight is 329 g/mol. The number of aliphatic hydroxyl groups excluding tert-OH is 2. The van der Waals surface area contributed by atoms with Crippen LogP contribution in [0.5, 0.6) is 0 Å². The molecule has 0 aliphatic heterocycles. The maximum atomic E-state index is 11.0. The van der Waals surface area contributed by atoms with E-state index < -0.39 is 12.1 Å². The number of aliphatic hydroxyl groups is 2. The molecule has 0 unspecified atom stereocenters. The molecule has 2 atom stereocenters. The molecule has 0 spiro atoms. The van der Waals surface area contributed by atoms with Crippen molar-refractivity contribution in [2.75, 3.05) is 13.2 Å². The third kappa shape index (κ3) is 6.01. The molecule has 1 aromatic carbocycles. The van der Waals surface area contributed by atoms with Gasteiger partial charge in [-0.2, -0.15) is 0 Å². The van der Waals surface area contributed by atoms with Gasteiger partial charge in [0.05, 0.1) is 19.3 Å². The molecule has 1 amide bonds. The minimum Gasteiger partial charge on any atom is -0.479 e. The van der Waals surface area contributed by atoms with Gasteiger partial charge in [0, 0.05) is 11.8 Å². The van der Waals surface area contributed by atoms with Gasteiger partial charge in [-0.15, -0.1) is 0 Å². The predicted molar refractivity (Wildman–Crippen MR) is 86.2 cm³/mol. The molecule has 1 aromatic rings. The molecule has 0 fully saturated rings. The van der Waals surface area contributed by atoms with Crippen LogP contribution in [-0.4, -0.2) is 39.8 Å². The number of ether oxygens (including phenoxy) is 1. The molecule has 0 aromatic heterocycles. The fourth-order valence-electron chi connectivity index (χ4n) is 1.69. The molecule has 0 bridgehead atoms. The second-order valence-corrected chi connectivity index (χ2v) is 5.96. The second kappa shape index (κ2) is 8.99. The molecule has 21 heavy (non-hydrogen) atoms. The Hall–Kier alpha value is -1.15. The van der Waals surface area contributed by atoms with E-state index in [-0.39, 0.29) is 12.5 Å². The van der Waals surface area contributed by atoms with Gasteiger partial charge in [-0.05, 0) is 48.6 Å². The van der Waals surface area contributed by atoms with Crippen LogP contribution in [-0.2, 0) is 9.53 Å². The first kappa shape index (κ1) is 17.9. The van der Waals surface area contributed by atoms with Crippen LogP contribution in [0.2, 0.25) is 0 Å². The van der Waals surface area contributed by atoms with Crippen molar-refractivity contribution in [1.29, 1.82) is 0 Å². The van der Waals surface area contributed by atoms with Crippen LogP contribution in [0, 0.1) is 0 Å². The summed E-state index contributed by atoms with van der Waals surface area (Å²) in [6.45, 7) is 3.39. The van der Waals surface area contributed by atoms with E-state index in [9.17, 15) is 15.0 Å². The van der Waals surface area contributed by atoms with Crippen molar-refractivity contribution < 1.29 is 19.7 Å². The Kier molecular flexibility index (Phi) is 7.66. The normalized spacial score (nSPS) is 13.3. The molecule has 0 saturated carbocycles.